The second-order valence-electron chi connectivity index (χ2n) is 6.13. The summed E-state index contributed by atoms with van der Waals surface area (Å²) in [6.07, 6.45) is 18.9. The van der Waals surface area contributed by atoms with Gasteiger partial charge in [0.2, 0.25) is 0 Å². The highest BCUT2D eigenvalue weighted by atomic mass is 35.6. The molecular weight excluding hydrogens is 292 g/mol. The summed E-state index contributed by atoms with van der Waals surface area (Å²) in [6, 6.07) is 3.61. The molecule has 0 aliphatic heterocycles. The Balaban J connectivity index is 3.80. The maximum Gasteiger partial charge on any atom is 0.160 e. The molecule has 0 aromatic rings. The van der Waals surface area contributed by atoms with Gasteiger partial charge in [-0.05, 0) is 43.8 Å². The molecule has 0 atom stereocenters. The summed E-state index contributed by atoms with van der Waals surface area (Å²) in [5, 5.41) is 0. The van der Waals surface area contributed by atoms with Gasteiger partial charge in [0.1, 0.15) is 0 Å². The quantitative estimate of drug-likeness (QED) is 0.118. The highest BCUT2D eigenvalue weighted by Gasteiger charge is 2.27. The third-order valence-electron chi connectivity index (χ3n) is 4.08. The van der Waals surface area contributed by atoms with Crippen molar-refractivity contribution in [3.05, 3.63) is 38.0 Å². The molecule has 2 heteroatoms. The van der Waals surface area contributed by atoms with E-state index in [2.05, 4.69) is 25.8 Å². The minimum atomic E-state index is -1.57. The number of hydrogen-bond donors (Lipinski definition) is 0. The second kappa shape index (κ2) is 14.7. The van der Waals surface area contributed by atoms with Crippen molar-refractivity contribution in [2.75, 3.05) is 0 Å². The van der Waals surface area contributed by atoms with Crippen LogP contribution in [0.5, 0.6) is 0 Å². The Morgan fingerprint density at radius 1 is 0.619 bits per heavy atom. The fourth-order valence-corrected chi connectivity index (χ4v) is 6.83. The number of unbranched alkanes of at least 4 members (excludes halogenated alkanes) is 8. The molecule has 0 radical (unpaired) electrons. The van der Waals surface area contributed by atoms with Crippen LogP contribution in [0.1, 0.15) is 64.2 Å². The average molecular weight is 327 g/mol. The summed E-state index contributed by atoms with van der Waals surface area (Å²) >= 11 is 6.95. The van der Waals surface area contributed by atoms with Crippen LogP contribution in [0.15, 0.2) is 38.0 Å². The molecule has 0 aliphatic rings. The third-order valence-corrected chi connectivity index (χ3v) is 9.19. The van der Waals surface area contributed by atoms with Gasteiger partial charge in [-0.25, -0.2) is 0 Å². The van der Waals surface area contributed by atoms with E-state index in [4.69, 9.17) is 11.1 Å². The summed E-state index contributed by atoms with van der Waals surface area (Å²) < 4.78 is 0. The van der Waals surface area contributed by atoms with Crippen LogP contribution in [0.3, 0.4) is 0 Å². The van der Waals surface area contributed by atoms with E-state index < -0.39 is 7.38 Å². The maximum atomic E-state index is 6.95. The molecular formula is C19H35ClSi. The van der Waals surface area contributed by atoms with Crippen molar-refractivity contribution in [1.29, 1.82) is 0 Å². The summed E-state index contributed by atoms with van der Waals surface area (Å²) in [6.45, 7) is 11.5. The summed E-state index contributed by atoms with van der Waals surface area (Å²) in [5.41, 5.74) is 0. The van der Waals surface area contributed by atoms with Crippen LogP contribution in [0, 0.1) is 0 Å². The van der Waals surface area contributed by atoms with Crippen LogP contribution in [0.2, 0.25) is 18.1 Å². The van der Waals surface area contributed by atoms with E-state index >= 15 is 0 Å². The van der Waals surface area contributed by atoms with Gasteiger partial charge in [0.25, 0.3) is 0 Å². The Hall–Kier alpha value is -0.273. The molecule has 0 aliphatic carbocycles. The topological polar surface area (TPSA) is 0 Å². The van der Waals surface area contributed by atoms with E-state index in [0.717, 1.165) is 18.9 Å². The van der Waals surface area contributed by atoms with Crippen LogP contribution < -0.4 is 0 Å². The van der Waals surface area contributed by atoms with E-state index in [9.17, 15) is 0 Å². The molecule has 0 amide bonds. The Morgan fingerprint density at radius 2 is 1.05 bits per heavy atom. The monoisotopic (exact) mass is 326 g/mol. The van der Waals surface area contributed by atoms with E-state index in [1.54, 1.807) is 0 Å². The largest absolute Gasteiger partial charge is 0.167 e. The molecule has 0 saturated heterocycles. The molecule has 0 N–H and O–H groups in total. The lowest BCUT2D eigenvalue weighted by Gasteiger charge is -2.23. The van der Waals surface area contributed by atoms with Crippen molar-refractivity contribution < 1.29 is 0 Å². The molecule has 0 bridgehead atoms. The van der Waals surface area contributed by atoms with Crippen LogP contribution in [-0.4, -0.2) is 7.38 Å². The highest BCUT2D eigenvalue weighted by molar-refractivity contribution is 7.20. The molecule has 0 spiro atoms. The predicted octanol–water partition coefficient (Wildman–Crippen LogP) is 7.63. The summed E-state index contributed by atoms with van der Waals surface area (Å²) in [5.74, 6) is 0. The Bertz CT molecular complexity index is 253. The van der Waals surface area contributed by atoms with E-state index in [1.807, 2.05) is 12.2 Å². The summed E-state index contributed by atoms with van der Waals surface area (Å²) in [4.78, 5) is 0. The van der Waals surface area contributed by atoms with Gasteiger partial charge in [0.15, 0.2) is 7.38 Å². The molecule has 21 heavy (non-hydrogen) atoms. The molecule has 0 saturated carbocycles. The van der Waals surface area contributed by atoms with Gasteiger partial charge in [-0.15, -0.1) is 19.7 Å². The average Bonchev–Trinajstić information content (AvgIpc) is 2.47. The fourth-order valence-electron chi connectivity index (χ4n) is 2.76. The van der Waals surface area contributed by atoms with Crippen molar-refractivity contribution in [2.24, 2.45) is 0 Å². The van der Waals surface area contributed by atoms with E-state index in [0.29, 0.717) is 0 Å². The third kappa shape index (κ3) is 13.1. The summed E-state index contributed by atoms with van der Waals surface area (Å²) in [7, 11) is -1.57. The number of halogens is 1. The molecule has 0 aromatic heterocycles. The van der Waals surface area contributed by atoms with Gasteiger partial charge in [-0.2, -0.15) is 11.1 Å². The first-order valence-corrected chi connectivity index (χ1v) is 12.3. The SMILES string of the molecule is C=CCCCCCC[Si](Cl)(CC=C)CCCCCCC=C. The van der Waals surface area contributed by atoms with Crippen LogP contribution >= 0.6 is 11.1 Å². The molecule has 0 unspecified atom stereocenters. The second-order valence-corrected chi connectivity index (χ2v) is 12.2. The van der Waals surface area contributed by atoms with Crippen molar-refractivity contribution in [1.82, 2.24) is 0 Å². The lowest BCUT2D eigenvalue weighted by Crippen LogP contribution is -2.25. The van der Waals surface area contributed by atoms with E-state index in [-0.39, 0.29) is 0 Å². The van der Waals surface area contributed by atoms with Gasteiger partial charge < -0.3 is 0 Å². The lowest BCUT2D eigenvalue weighted by atomic mass is 10.1. The van der Waals surface area contributed by atoms with Gasteiger partial charge >= 0.3 is 0 Å². The van der Waals surface area contributed by atoms with Gasteiger partial charge in [-0.1, -0.05) is 56.8 Å². The number of hydrogen-bond acceptors (Lipinski definition) is 0. The van der Waals surface area contributed by atoms with Gasteiger partial charge in [-0.3, -0.25) is 0 Å². The molecule has 122 valence electrons. The van der Waals surface area contributed by atoms with Crippen molar-refractivity contribution in [3.8, 4) is 0 Å². The Morgan fingerprint density at radius 3 is 1.43 bits per heavy atom. The van der Waals surface area contributed by atoms with Crippen molar-refractivity contribution in [3.63, 3.8) is 0 Å². The molecule has 0 aromatic carbocycles. The Kier molecular flexibility index (Phi) is 14.5. The first kappa shape index (κ1) is 20.7. The fraction of sp³-hybridized carbons (Fsp3) is 0.684. The minimum Gasteiger partial charge on any atom is -0.167 e. The zero-order valence-corrected chi connectivity index (χ0v) is 15.7. The molecule has 0 rings (SSSR count). The zero-order valence-electron chi connectivity index (χ0n) is 13.9. The standard InChI is InChI=1S/C19H35ClSi/c1-4-7-9-11-13-15-18-21(20,17-6-3)19-16-14-12-10-8-5-2/h4-6H,1-3,7-19H2. The van der Waals surface area contributed by atoms with E-state index in [1.165, 1.54) is 63.5 Å². The van der Waals surface area contributed by atoms with Crippen molar-refractivity contribution in [2.45, 2.75) is 82.3 Å². The lowest BCUT2D eigenvalue weighted by molar-refractivity contribution is 0.660. The number of allylic oxidation sites excluding steroid dienone is 3. The van der Waals surface area contributed by atoms with Gasteiger partial charge in [0.05, 0.1) is 0 Å². The molecule has 0 fully saturated rings. The maximum absolute atomic E-state index is 6.95. The highest BCUT2D eigenvalue weighted by Crippen LogP contribution is 2.31. The van der Waals surface area contributed by atoms with Crippen LogP contribution in [0.4, 0.5) is 0 Å². The van der Waals surface area contributed by atoms with Crippen LogP contribution in [0.25, 0.3) is 0 Å². The zero-order chi connectivity index (χ0) is 15.8. The molecule has 0 heterocycles. The number of rotatable bonds is 16. The van der Waals surface area contributed by atoms with Crippen LogP contribution in [-0.2, 0) is 0 Å². The first-order valence-electron chi connectivity index (χ1n) is 8.70. The van der Waals surface area contributed by atoms with Gasteiger partial charge in [0, 0.05) is 0 Å². The normalized spacial score (nSPS) is 11.3. The first-order chi connectivity index (χ1) is 10.2. The smallest absolute Gasteiger partial charge is 0.160 e. The molecule has 0 nitrogen and oxygen atoms in total. The Labute approximate surface area is 139 Å². The van der Waals surface area contributed by atoms with Crippen molar-refractivity contribution >= 4 is 18.5 Å². The predicted molar refractivity (Wildman–Crippen MR) is 103 cm³/mol. The minimum absolute atomic E-state index is 1.08.